The zero-order valence-corrected chi connectivity index (χ0v) is 11.7. The van der Waals surface area contributed by atoms with Gasteiger partial charge in [0.15, 0.2) is 0 Å². The van der Waals surface area contributed by atoms with Crippen molar-refractivity contribution in [3.8, 4) is 0 Å². The molecule has 0 spiro atoms. The molecule has 0 amide bonds. The van der Waals surface area contributed by atoms with E-state index in [-0.39, 0.29) is 22.9 Å². The average Bonchev–Trinajstić information content (AvgIpc) is 2.92. The molecule has 2 N–H and O–H groups in total. The van der Waals surface area contributed by atoms with Crippen LogP contribution in [0.15, 0.2) is 30.6 Å². The highest BCUT2D eigenvalue weighted by Gasteiger charge is 2.16. The molecule has 2 unspecified atom stereocenters. The van der Waals surface area contributed by atoms with Crippen LogP contribution in [0.4, 0.5) is 4.39 Å². The molecule has 0 aliphatic rings. The Morgan fingerprint density at radius 2 is 2.26 bits per heavy atom. The number of nitrogens with one attached hydrogen (secondary N) is 2. The minimum atomic E-state index is -0.390. The topological polar surface area (TPSA) is 40.7 Å². The normalized spacial score (nSPS) is 14.3. The molecule has 1 aromatic carbocycles. The van der Waals surface area contributed by atoms with Crippen LogP contribution >= 0.6 is 11.6 Å². The lowest BCUT2D eigenvalue weighted by molar-refractivity contribution is 0.440. The van der Waals surface area contributed by atoms with Crippen molar-refractivity contribution < 1.29 is 4.39 Å². The van der Waals surface area contributed by atoms with Gasteiger partial charge in [-0.05, 0) is 31.0 Å². The first-order valence-corrected chi connectivity index (χ1v) is 6.70. The molecule has 1 heterocycles. The summed E-state index contributed by atoms with van der Waals surface area (Å²) in [7, 11) is 0. The maximum atomic E-state index is 13.5. The number of H-pyrrole nitrogens is 1. The van der Waals surface area contributed by atoms with E-state index in [1.807, 2.05) is 13.0 Å². The minimum absolute atomic E-state index is 0.0156. The molecule has 0 fully saturated rings. The van der Waals surface area contributed by atoms with E-state index in [0.29, 0.717) is 0 Å². The van der Waals surface area contributed by atoms with Crippen LogP contribution in [-0.2, 0) is 0 Å². The molecule has 0 saturated carbocycles. The largest absolute Gasteiger partial charge is 0.347 e. The lowest BCUT2D eigenvalue weighted by atomic mass is 10.1. The van der Waals surface area contributed by atoms with Crippen molar-refractivity contribution in [2.45, 2.75) is 32.4 Å². The summed E-state index contributed by atoms with van der Waals surface area (Å²) in [6.45, 7) is 4.07. The van der Waals surface area contributed by atoms with E-state index >= 15 is 0 Å². The number of hydrogen-bond acceptors (Lipinski definition) is 2. The van der Waals surface area contributed by atoms with Crippen LogP contribution in [-0.4, -0.2) is 9.97 Å². The second-order valence-electron chi connectivity index (χ2n) is 4.50. The van der Waals surface area contributed by atoms with E-state index in [4.69, 9.17) is 11.6 Å². The molecule has 3 nitrogen and oxygen atoms in total. The van der Waals surface area contributed by atoms with Crippen molar-refractivity contribution in [2.24, 2.45) is 0 Å². The first-order valence-electron chi connectivity index (χ1n) is 6.32. The Morgan fingerprint density at radius 3 is 2.84 bits per heavy atom. The highest BCUT2D eigenvalue weighted by atomic mass is 35.5. The van der Waals surface area contributed by atoms with Crippen LogP contribution in [0.25, 0.3) is 0 Å². The molecule has 0 bridgehead atoms. The lowest BCUT2D eigenvalue weighted by Crippen LogP contribution is -2.25. The van der Waals surface area contributed by atoms with Gasteiger partial charge in [-0.1, -0.05) is 24.6 Å². The summed E-state index contributed by atoms with van der Waals surface area (Å²) < 4.78 is 13.5. The smallest absolute Gasteiger partial charge is 0.142 e. The molecule has 19 heavy (non-hydrogen) atoms. The number of rotatable bonds is 5. The molecule has 102 valence electrons. The Bertz CT molecular complexity index is 527. The molecule has 2 aromatic rings. The van der Waals surface area contributed by atoms with Crippen LogP contribution in [0.2, 0.25) is 5.02 Å². The second kappa shape index (κ2) is 6.17. The fourth-order valence-corrected chi connectivity index (χ4v) is 2.16. The number of hydrogen-bond donors (Lipinski definition) is 2. The van der Waals surface area contributed by atoms with Crippen molar-refractivity contribution in [3.05, 3.63) is 52.8 Å². The number of imidazole rings is 1. The standard InChI is InChI=1S/C14H17ClFN3/c1-3-13(14-17-6-7-18-14)19-9(2)10-4-5-11(15)12(16)8-10/h4-9,13,19H,3H2,1-2H3,(H,17,18). The number of aromatic nitrogens is 2. The van der Waals surface area contributed by atoms with E-state index in [2.05, 4.69) is 22.2 Å². The van der Waals surface area contributed by atoms with Crippen LogP contribution in [0.1, 0.15) is 43.7 Å². The Labute approximate surface area is 117 Å². The summed E-state index contributed by atoms with van der Waals surface area (Å²) in [5, 5.41) is 3.58. The third-order valence-electron chi connectivity index (χ3n) is 3.15. The first kappa shape index (κ1) is 14.0. The van der Waals surface area contributed by atoms with Gasteiger partial charge in [-0.25, -0.2) is 9.37 Å². The van der Waals surface area contributed by atoms with E-state index in [0.717, 1.165) is 17.8 Å². The predicted molar refractivity (Wildman–Crippen MR) is 74.6 cm³/mol. The maximum Gasteiger partial charge on any atom is 0.142 e. The summed E-state index contributed by atoms with van der Waals surface area (Å²) in [5.41, 5.74) is 0.868. The second-order valence-corrected chi connectivity index (χ2v) is 4.90. The van der Waals surface area contributed by atoms with Crippen LogP contribution in [0.5, 0.6) is 0 Å². The minimum Gasteiger partial charge on any atom is -0.347 e. The zero-order valence-electron chi connectivity index (χ0n) is 11.0. The monoisotopic (exact) mass is 281 g/mol. The summed E-state index contributed by atoms with van der Waals surface area (Å²) in [6.07, 6.45) is 4.42. The van der Waals surface area contributed by atoms with Crippen LogP contribution < -0.4 is 5.32 Å². The Hall–Kier alpha value is -1.39. The fraction of sp³-hybridized carbons (Fsp3) is 0.357. The van der Waals surface area contributed by atoms with Gasteiger partial charge in [0.25, 0.3) is 0 Å². The molecule has 0 aliphatic carbocycles. The van der Waals surface area contributed by atoms with Crippen molar-refractivity contribution in [3.63, 3.8) is 0 Å². The van der Waals surface area contributed by atoms with Gasteiger partial charge < -0.3 is 10.3 Å². The van der Waals surface area contributed by atoms with Gasteiger partial charge >= 0.3 is 0 Å². The molecule has 2 rings (SSSR count). The van der Waals surface area contributed by atoms with Gasteiger partial charge in [0.05, 0.1) is 11.1 Å². The average molecular weight is 282 g/mol. The van der Waals surface area contributed by atoms with Crippen molar-refractivity contribution in [2.75, 3.05) is 0 Å². The Kier molecular flexibility index (Phi) is 4.56. The van der Waals surface area contributed by atoms with Gasteiger partial charge in [0.1, 0.15) is 11.6 Å². The lowest BCUT2D eigenvalue weighted by Gasteiger charge is -2.21. The molecule has 0 aliphatic heterocycles. The number of benzene rings is 1. The highest BCUT2D eigenvalue weighted by Crippen LogP contribution is 2.23. The SMILES string of the molecule is CCC(NC(C)c1ccc(Cl)c(F)c1)c1ncc[nH]1. The highest BCUT2D eigenvalue weighted by molar-refractivity contribution is 6.30. The number of halogens is 2. The van der Waals surface area contributed by atoms with E-state index in [9.17, 15) is 4.39 Å². The van der Waals surface area contributed by atoms with Crippen molar-refractivity contribution >= 4 is 11.6 Å². The summed E-state index contributed by atoms with van der Waals surface area (Å²) >= 11 is 5.69. The van der Waals surface area contributed by atoms with Crippen molar-refractivity contribution in [1.82, 2.24) is 15.3 Å². The van der Waals surface area contributed by atoms with E-state index in [1.165, 1.54) is 6.07 Å². The molecule has 1 aromatic heterocycles. The summed E-state index contributed by atoms with van der Waals surface area (Å²) in [5.74, 6) is 0.502. The van der Waals surface area contributed by atoms with Gasteiger partial charge in [-0.15, -0.1) is 0 Å². The molecule has 5 heteroatoms. The zero-order chi connectivity index (χ0) is 13.8. The summed E-state index contributed by atoms with van der Waals surface area (Å²) in [4.78, 5) is 7.35. The number of aromatic amines is 1. The maximum absolute atomic E-state index is 13.5. The van der Waals surface area contributed by atoms with Crippen molar-refractivity contribution in [1.29, 1.82) is 0 Å². The van der Waals surface area contributed by atoms with Gasteiger partial charge in [-0.2, -0.15) is 0 Å². The summed E-state index contributed by atoms with van der Waals surface area (Å²) in [6, 6.07) is 5.01. The third-order valence-corrected chi connectivity index (χ3v) is 3.46. The first-order chi connectivity index (χ1) is 9.11. The molecule has 0 saturated heterocycles. The fourth-order valence-electron chi connectivity index (χ4n) is 2.04. The molecular weight excluding hydrogens is 265 g/mol. The molecule has 0 radical (unpaired) electrons. The van der Waals surface area contributed by atoms with Crippen LogP contribution in [0, 0.1) is 5.82 Å². The number of nitrogens with zero attached hydrogens (tertiary/aromatic N) is 1. The molecular formula is C14H17ClFN3. The Balaban J connectivity index is 2.11. The van der Waals surface area contributed by atoms with E-state index < -0.39 is 0 Å². The quantitative estimate of drug-likeness (QED) is 0.869. The van der Waals surface area contributed by atoms with Crippen LogP contribution in [0.3, 0.4) is 0 Å². The predicted octanol–water partition coefficient (Wildman–Crippen LogP) is 4.00. The molecule has 2 atom stereocenters. The van der Waals surface area contributed by atoms with Gasteiger partial charge in [0, 0.05) is 18.4 Å². The third kappa shape index (κ3) is 3.33. The van der Waals surface area contributed by atoms with Gasteiger partial charge in [0.2, 0.25) is 0 Å². The van der Waals surface area contributed by atoms with E-state index in [1.54, 1.807) is 18.5 Å². The van der Waals surface area contributed by atoms with Gasteiger partial charge in [-0.3, -0.25) is 0 Å². The Morgan fingerprint density at radius 1 is 1.47 bits per heavy atom.